The second kappa shape index (κ2) is 9.89. The fraction of sp³-hybridized carbons (Fsp3) is 0.250. The lowest BCUT2D eigenvalue weighted by atomic mass is 9.86. The minimum absolute atomic E-state index is 0.0106. The van der Waals surface area contributed by atoms with Gasteiger partial charge in [0.05, 0.1) is 26.6 Å². The molecule has 0 aliphatic heterocycles. The van der Waals surface area contributed by atoms with Crippen LogP contribution in [-0.4, -0.2) is 16.8 Å². The molecule has 0 bridgehead atoms. The fourth-order valence-electron chi connectivity index (χ4n) is 3.83. The number of carbonyl (C=O) groups excluding carboxylic acids is 2. The SMILES string of the molecule is CC(C)(C)c1cccc(C(=O)Nc2cc(Oc3ccc4nc(NC(=O)C5CC5)sc4c3N)c(Cl)cc2F)c1. The Morgan fingerprint density at radius 1 is 1.11 bits per heavy atom. The number of hydrogen-bond acceptors (Lipinski definition) is 6. The van der Waals surface area contributed by atoms with Gasteiger partial charge < -0.3 is 21.1 Å². The van der Waals surface area contributed by atoms with Gasteiger partial charge in [0.25, 0.3) is 5.91 Å². The Balaban J connectivity index is 1.38. The van der Waals surface area contributed by atoms with E-state index in [0.29, 0.717) is 26.6 Å². The quantitative estimate of drug-likeness (QED) is 0.217. The molecule has 4 N–H and O–H groups in total. The molecule has 7 nitrogen and oxygen atoms in total. The molecular formula is C28H26ClFN4O3S. The molecule has 0 atom stereocenters. The van der Waals surface area contributed by atoms with E-state index in [-0.39, 0.29) is 39.4 Å². The summed E-state index contributed by atoms with van der Waals surface area (Å²) >= 11 is 7.51. The zero-order chi connectivity index (χ0) is 27.2. The predicted octanol–water partition coefficient (Wildman–Crippen LogP) is 7.36. The van der Waals surface area contributed by atoms with Gasteiger partial charge >= 0.3 is 0 Å². The fourth-order valence-corrected chi connectivity index (χ4v) is 4.94. The maximum atomic E-state index is 14.7. The van der Waals surface area contributed by atoms with Crippen molar-refractivity contribution in [1.29, 1.82) is 0 Å². The molecular weight excluding hydrogens is 527 g/mol. The number of aromatic nitrogens is 1. The molecule has 0 unspecified atom stereocenters. The number of rotatable bonds is 6. The molecule has 0 radical (unpaired) electrons. The van der Waals surface area contributed by atoms with Gasteiger partial charge in [-0.05, 0) is 54.2 Å². The molecule has 1 aliphatic carbocycles. The summed E-state index contributed by atoms with van der Waals surface area (Å²) in [6, 6.07) is 12.9. The summed E-state index contributed by atoms with van der Waals surface area (Å²) in [5, 5.41) is 5.90. The second-order valence-electron chi connectivity index (χ2n) is 10.3. The summed E-state index contributed by atoms with van der Waals surface area (Å²) < 4.78 is 21.3. The van der Waals surface area contributed by atoms with Gasteiger partial charge in [0, 0.05) is 17.5 Å². The molecule has 0 saturated heterocycles. The molecule has 0 spiro atoms. The van der Waals surface area contributed by atoms with Crippen LogP contribution in [0.3, 0.4) is 0 Å². The number of nitrogens with two attached hydrogens (primary N) is 1. The normalized spacial score (nSPS) is 13.4. The number of nitrogen functional groups attached to an aromatic ring is 1. The molecule has 1 heterocycles. The van der Waals surface area contributed by atoms with Gasteiger partial charge in [0.2, 0.25) is 5.91 Å². The van der Waals surface area contributed by atoms with E-state index in [1.165, 1.54) is 17.4 Å². The molecule has 1 aliphatic rings. The highest BCUT2D eigenvalue weighted by molar-refractivity contribution is 7.23. The highest BCUT2D eigenvalue weighted by atomic mass is 35.5. The van der Waals surface area contributed by atoms with Crippen LogP contribution in [0.5, 0.6) is 11.5 Å². The third kappa shape index (κ3) is 5.44. The van der Waals surface area contributed by atoms with Gasteiger partial charge in [-0.1, -0.05) is 55.8 Å². The molecule has 196 valence electrons. The summed E-state index contributed by atoms with van der Waals surface area (Å²) in [6.45, 7) is 6.15. The lowest BCUT2D eigenvalue weighted by molar-refractivity contribution is -0.117. The lowest BCUT2D eigenvalue weighted by Crippen LogP contribution is -2.16. The molecule has 4 aromatic rings. The Bertz CT molecular complexity index is 1580. The topological polar surface area (TPSA) is 106 Å². The number of ether oxygens (including phenoxy) is 1. The predicted molar refractivity (Wildman–Crippen MR) is 150 cm³/mol. The van der Waals surface area contributed by atoms with Gasteiger partial charge in [0.1, 0.15) is 11.6 Å². The average molecular weight is 553 g/mol. The molecule has 3 aromatic carbocycles. The average Bonchev–Trinajstić information content (AvgIpc) is 3.64. The van der Waals surface area contributed by atoms with E-state index >= 15 is 0 Å². The second-order valence-corrected chi connectivity index (χ2v) is 11.7. The molecule has 1 fully saturated rings. The number of fused-ring (bicyclic) bond motifs is 1. The number of hydrogen-bond donors (Lipinski definition) is 3. The van der Waals surface area contributed by atoms with Crippen molar-refractivity contribution in [2.75, 3.05) is 16.4 Å². The van der Waals surface area contributed by atoms with Crippen LogP contribution in [0.1, 0.15) is 49.5 Å². The first-order valence-corrected chi connectivity index (χ1v) is 13.3. The minimum Gasteiger partial charge on any atom is -0.453 e. The van der Waals surface area contributed by atoms with Crippen LogP contribution in [0.2, 0.25) is 5.02 Å². The molecule has 1 saturated carbocycles. The van der Waals surface area contributed by atoms with E-state index in [1.54, 1.807) is 30.3 Å². The minimum atomic E-state index is -0.704. The van der Waals surface area contributed by atoms with E-state index in [0.717, 1.165) is 24.5 Å². The first-order valence-electron chi connectivity index (χ1n) is 12.1. The van der Waals surface area contributed by atoms with Crippen LogP contribution < -0.4 is 21.1 Å². The number of thiazole rings is 1. The van der Waals surface area contributed by atoms with Crippen molar-refractivity contribution in [1.82, 2.24) is 4.98 Å². The highest BCUT2D eigenvalue weighted by Gasteiger charge is 2.30. The molecule has 38 heavy (non-hydrogen) atoms. The van der Waals surface area contributed by atoms with E-state index in [4.69, 9.17) is 22.1 Å². The standard InChI is InChI=1S/C28H26ClFN4O3S/c1-28(2,3)16-6-4-5-15(11-16)26(36)32-20-13-22(17(29)12-18(20)30)37-21-10-9-19-24(23(21)31)38-27(33-19)34-25(35)14-7-8-14/h4-6,9-14H,7-8,31H2,1-3H3,(H,32,36)(H,33,34,35). The number of benzene rings is 3. The molecule has 1 aromatic heterocycles. The van der Waals surface area contributed by atoms with E-state index in [1.807, 2.05) is 26.8 Å². The lowest BCUT2D eigenvalue weighted by Gasteiger charge is -2.19. The maximum absolute atomic E-state index is 14.7. The number of nitrogens with one attached hydrogen (secondary N) is 2. The largest absolute Gasteiger partial charge is 0.453 e. The van der Waals surface area contributed by atoms with Crippen LogP contribution >= 0.6 is 22.9 Å². The van der Waals surface area contributed by atoms with Crippen molar-refractivity contribution in [2.24, 2.45) is 5.92 Å². The summed E-state index contributed by atoms with van der Waals surface area (Å²) in [5.41, 5.74) is 8.42. The van der Waals surface area contributed by atoms with Gasteiger partial charge in [0.15, 0.2) is 10.9 Å². The highest BCUT2D eigenvalue weighted by Crippen LogP contribution is 2.41. The van der Waals surface area contributed by atoms with Crippen LogP contribution in [0, 0.1) is 11.7 Å². The zero-order valence-corrected chi connectivity index (χ0v) is 22.6. The Hall–Kier alpha value is -3.69. The van der Waals surface area contributed by atoms with Gasteiger partial charge in [-0.3, -0.25) is 9.59 Å². The van der Waals surface area contributed by atoms with Crippen LogP contribution in [0.15, 0.2) is 48.5 Å². The Morgan fingerprint density at radius 3 is 2.58 bits per heavy atom. The monoisotopic (exact) mass is 552 g/mol. The van der Waals surface area contributed by atoms with Gasteiger partial charge in [-0.2, -0.15) is 0 Å². The Morgan fingerprint density at radius 2 is 1.87 bits per heavy atom. The van der Waals surface area contributed by atoms with Crippen molar-refractivity contribution in [3.05, 3.63) is 70.5 Å². The summed E-state index contributed by atoms with van der Waals surface area (Å²) in [4.78, 5) is 29.4. The maximum Gasteiger partial charge on any atom is 0.255 e. The third-order valence-corrected chi connectivity index (χ3v) is 7.53. The van der Waals surface area contributed by atoms with Crippen LogP contribution in [-0.2, 0) is 10.2 Å². The van der Waals surface area contributed by atoms with Crippen LogP contribution in [0.25, 0.3) is 10.2 Å². The first-order chi connectivity index (χ1) is 18.0. The number of carbonyl (C=O) groups is 2. The van der Waals surface area contributed by atoms with Crippen molar-refractivity contribution >= 4 is 61.5 Å². The number of anilines is 3. The van der Waals surface area contributed by atoms with Crippen molar-refractivity contribution in [3.63, 3.8) is 0 Å². The Labute approximate surface area is 228 Å². The zero-order valence-electron chi connectivity index (χ0n) is 21.0. The summed E-state index contributed by atoms with van der Waals surface area (Å²) in [5.74, 6) is -0.762. The van der Waals surface area contributed by atoms with E-state index in [9.17, 15) is 14.0 Å². The van der Waals surface area contributed by atoms with Crippen molar-refractivity contribution in [3.8, 4) is 11.5 Å². The van der Waals surface area contributed by atoms with E-state index in [2.05, 4.69) is 15.6 Å². The molecule has 10 heteroatoms. The first kappa shape index (κ1) is 25.9. The van der Waals surface area contributed by atoms with Gasteiger partial charge in [-0.15, -0.1) is 0 Å². The number of amides is 2. The van der Waals surface area contributed by atoms with Crippen molar-refractivity contribution < 1.29 is 18.7 Å². The Kier molecular flexibility index (Phi) is 6.75. The molecule has 2 amide bonds. The van der Waals surface area contributed by atoms with Crippen molar-refractivity contribution in [2.45, 2.75) is 39.0 Å². The number of halogens is 2. The van der Waals surface area contributed by atoms with Crippen LogP contribution in [0.4, 0.5) is 20.9 Å². The summed E-state index contributed by atoms with van der Waals surface area (Å²) in [7, 11) is 0. The molecule has 5 rings (SSSR count). The third-order valence-electron chi connectivity index (χ3n) is 6.21. The number of nitrogens with zero attached hydrogens (tertiary/aromatic N) is 1. The summed E-state index contributed by atoms with van der Waals surface area (Å²) in [6.07, 6.45) is 1.78. The smallest absolute Gasteiger partial charge is 0.255 e. The van der Waals surface area contributed by atoms with E-state index < -0.39 is 11.7 Å². The van der Waals surface area contributed by atoms with Gasteiger partial charge in [-0.25, -0.2) is 9.37 Å².